The van der Waals surface area contributed by atoms with Crippen molar-refractivity contribution in [2.24, 2.45) is 0 Å². The number of aryl methyl sites for hydroxylation is 1. The van der Waals surface area contributed by atoms with E-state index < -0.39 is 4.92 Å². The minimum Gasteiger partial charge on any atom is -0.479 e. The van der Waals surface area contributed by atoms with Gasteiger partial charge in [-0.15, -0.1) is 10.2 Å². The smallest absolute Gasteiger partial charge is 0.310 e. The molecule has 1 amide bonds. The zero-order valence-electron chi connectivity index (χ0n) is 14.4. The summed E-state index contributed by atoms with van der Waals surface area (Å²) in [6, 6.07) is 14.1. The van der Waals surface area contributed by atoms with Gasteiger partial charge in [-0.2, -0.15) is 0 Å². The molecule has 1 heterocycles. The number of hydrogen-bond acceptors (Lipinski definition) is 7. The van der Waals surface area contributed by atoms with Gasteiger partial charge in [-0.3, -0.25) is 14.9 Å². The van der Waals surface area contributed by atoms with E-state index in [0.29, 0.717) is 11.6 Å². The number of nitrogens with one attached hydrogen (secondary N) is 1. The maximum absolute atomic E-state index is 12.2. The normalized spacial score (nSPS) is 10.4. The lowest BCUT2D eigenvalue weighted by Gasteiger charge is -2.05. The van der Waals surface area contributed by atoms with Gasteiger partial charge in [0.25, 0.3) is 5.91 Å². The summed E-state index contributed by atoms with van der Waals surface area (Å²) in [5, 5.41) is 22.3. The highest BCUT2D eigenvalue weighted by Gasteiger charge is 2.17. The van der Waals surface area contributed by atoms with Gasteiger partial charge >= 0.3 is 5.69 Å². The molecule has 0 saturated carbocycles. The van der Waals surface area contributed by atoms with Crippen molar-refractivity contribution in [2.45, 2.75) is 20.1 Å². The van der Waals surface area contributed by atoms with Gasteiger partial charge in [0.15, 0.2) is 10.8 Å². The molecule has 0 radical (unpaired) electrons. The molecule has 0 aliphatic heterocycles. The Morgan fingerprint density at radius 2 is 2.00 bits per heavy atom. The van der Waals surface area contributed by atoms with Crippen molar-refractivity contribution in [1.82, 2.24) is 15.5 Å². The Morgan fingerprint density at radius 1 is 1.22 bits per heavy atom. The van der Waals surface area contributed by atoms with E-state index in [9.17, 15) is 14.9 Å². The van der Waals surface area contributed by atoms with Gasteiger partial charge in [0.1, 0.15) is 6.61 Å². The van der Waals surface area contributed by atoms with Crippen LogP contribution in [0, 0.1) is 17.0 Å². The van der Waals surface area contributed by atoms with Crippen LogP contribution in [0.1, 0.15) is 25.9 Å². The maximum Gasteiger partial charge on any atom is 0.310 e. The minimum absolute atomic E-state index is 0.00603. The van der Waals surface area contributed by atoms with Crippen molar-refractivity contribution < 1.29 is 14.5 Å². The van der Waals surface area contributed by atoms with E-state index in [4.69, 9.17) is 4.74 Å². The summed E-state index contributed by atoms with van der Waals surface area (Å²) in [5.74, 6) is -0.172. The second-order valence-corrected chi connectivity index (χ2v) is 6.75. The Labute approximate surface area is 159 Å². The van der Waals surface area contributed by atoms with Gasteiger partial charge in [-0.1, -0.05) is 47.7 Å². The lowest BCUT2D eigenvalue weighted by atomic mass is 10.2. The highest BCUT2D eigenvalue weighted by Crippen LogP contribution is 2.28. The molecular formula is C18H16N4O4S. The molecule has 3 rings (SSSR count). The van der Waals surface area contributed by atoms with E-state index >= 15 is 0 Å². The van der Waals surface area contributed by atoms with Gasteiger partial charge in [0, 0.05) is 12.6 Å². The van der Waals surface area contributed by atoms with E-state index in [1.165, 1.54) is 6.07 Å². The van der Waals surface area contributed by atoms with E-state index in [-0.39, 0.29) is 29.0 Å². The highest BCUT2D eigenvalue weighted by atomic mass is 32.1. The summed E-state index contributed by atoms with van der Waals surface area (Å²) < 4.78 is 5.52. The summed E-state index contributed by atoms with van der Waals surface area (Å²) in [7, 11) is 0. The molecule has 0 atom stereocenters. The molecule has 0 unspecified atom stereocenters. The Hall–Kier alpha value is -3.33. The monoisotopic (exact) mass is 384 g/mol. The van der Waals surface area contributed by atoms with E-state index in [2.05, 4.69) is 15.5 Å². The van der Waals surface area contributed by atoms with Crippen molar-refractivity contribution in [3.8, 4) is 5.75 Å². The van der Waals surface area contributed by atoms with Gasteiger partial charge in [0.05, 0.1) is 4.92 Å². The number of amides is 1. The third kappa shape index (κ3) is 4.85. The number of carbonyl (C=O) groups excluding carboxylic acids is 1. The van der Waals surface area contributed by atoms with Crippen LogP contribution in [-0.2, 0) is 13.2 Å². The predicted octanol–water partition coefficient (Wildman–Crippen LogP) is 3.26. The summed E-state index contributed by atoms with van der Waals surface area (Å²) in [5.41, 5.74) is 1.70. The third-order valence-electron chi connectivity index (χ3n) is 3.62. The fourth-order valence-electron chi connectivity index (χ4n) is 2.28. The van der Waals surface area contributed by atoms with Crippen LogP contribution in [0.5, 0.6) is 5.75 Å². The van der Waals surface area contributed by atoms with Gasteiger partial charge in [-0.25, -0.2) is 0 Å². The van der Waals surface area contributed by atoms with Crippen LogP contribution >= 0.6 is 11.3 Å². The van der Waals surface area contributed by atoms with Crippen LogP contribution in [-0.4, -0.2) is 21.0 Å². The molecule has 0 aliphatic rings. The van der Waals surface area contributed by atoms with E-state index in [0.717, 1.165) is 22.5 Å². The fraction of sp³-hybridized carbons (Fsp3) is 0.167. The molecule has 3 aromatic rings. The molecule has 1 N–H and O–H groups in total. The summed E-state index contributed by atoms with van der Waals surface area (Å²) >= 11 is 1.08. The van der Waals surface area contributed by atoms with Crippen LogP contribution in [0.3, 0.4) is 0 Å². The first kappa shape index (κ1) is 18.5. The van der Waals surface area contributed by atoms with Crippen molar-refractivity contribution in [3.05, 3.63) is 79.8 Å². The second-order valence-electron chi connectivity index (χ2n) is 5.69. The lowest BCUT2D eigenvalue weighted by molar-refractivity contribution is -0.386. The molecule has 27 heavy (non-hydrogen) atoms. The summed E-state index contributed by atoms with van der Waals surface area (Å²) in [6.07, 6.45) is 0. The first-order valence-corrected chi connectivity index (χ1v) is 8.87. The molecule has 0 spiro atoms. The molecule has 1 aromatic heterocycles. The van der Waals surface area contributed by atoms with E-state index in [1.807, 2.05) is 37.3 Å². The van der Waals surface area contributed by atoms with Crippen LogP contribution in [0.2, 0.25) is 0 Å². The Kier molecular flexibility index (Phi) is 5.72. The number of aromatic nitrogens is 2. The number of ether oxygens (including phenoxy) is 1. The predicted molar refractivity (Wildman–Crippen MR) is 99.7 cm³/mol. The molecule has 8 nitrogen and oxygen atoms in total. The van der Waals surface area contributed by atoms with Crippen LogP contribution in [0.25, 0.3) is 0 Å². The second kappa shape index (κ2) is 8.37. The zero-order chi connectivity index (χ0) is 19.2. The Balaban J connectivity index is 1.60. The molecule has 0 saturated heterocycles. The number of nitro benzene ring substituents is 1. The number of carbonyl (C=O) groups is 1. The number of benzene rings is 2. The van der Waals surface area contributed by atoms with Crippen LogP contribution in [0.15, 0.2) is 48.5 Å². The zero-order valence-corrected chi connectivity index (χ0v) is 15.2. The number of rotatable bonds is 7. The Morgan fingerprint density at radius 3 is 2.74 bits per heavy atom. The average Bonchev–Trinajstić information content (AvgIpc) is 3.14. The molecule has 0 fully saturated rings. The molecule has 9 heteroatoms. The van der Waals surface area contributed by atoms with Crippen molar-refractivity contribution in [1.29, 1.82) is 0 Å². The Bertz CT molecular complexity index is 959. The number of hydrogen-bond donors (Lipinski definition) is 1. The topological polar surface area (TPSA) is 107 Å². The third-order valence-corrected chi connectivity index (χ3v) is 4.52. The quantitative estimate of drug-likeness (QED) is 0.495. The first-order chi connectivity index (χ1) is 13.0. The fourth-order valence-corrected chi connectivity index (χ4v) is 2.95. The number of nitrogens with zero attached hydrogens (tertiary/aromatic N) is 3. The minimum atomic E-state index is -0.503. The van der Waals surface area contributed by atoms with Gasteiger partial charge in [-0.05, 0) is 24.1 Å². The standard InChI is InChI=1S/C18H16N4O4S/c1-12-7-8-14(22(24)25)15(9-12)26-11-16-20-21-18(27-16)17(23)19-10-13-5-3-2-4-6-13/h2-9H,10-11H2,1H3,(H,19,23). The van der Waals surface area contributed by atoms with E-state index in [1.54, 1.807) is 12.1 Å². The molecule has 2 aromatic carbocycles. The summed E-state index contributed by atoms with van der Waals surface area (Å²) in [4.78, 5) is 22.7. The van der Waals surface area contributed by atoms with Gasteiger partial charge < -0.3 is 10.1 Å². The average molecular weight is 384 g/mol. The highest BCUT2D eigenvalue weighted by molar-refractivity contribution is 7.13. The molecule has 138 valence electrons. The van der Waals surface area contributed by atoms with Gasteiger partial charge in [0.2, 0.25) is 5.01 Å². The van der Waals surface area contributed by atoms with Crippen LogP contribution < -0.4 is 10.1 Å². The number of nitro groups is 1. The first-order valence-electron chi connectivity index (χ1n) is 8.05. The van der Waals surface area contributed by atoms with Crippen molar-refractivity contribution in [3.63, 3.8) is 0 Å². The summed E-state index contributed by atoms with van der Waals surface area (Å²) in [6.45, 7) is 2.20. The molecular weight excluding hydrogens is 368 g/mol. The van der Waals surface area contributed by atoms with Crippen molar-refractivity contribution in [2.75, 3.05) is 0 Å². The SMILES string of the molecule is Cc1ccc([N+](=O)[O-])c(OCc2nnc(C(=O)NCc3ccccc3)s2)c1. The van der Waals surface area contributed by atoms with Crippen molar-refractivity contribution >= 4 is 22.9 Å². The lowest BCUT2D eigenvalue weighted by Crippen LogP contribution is -2.22. The maximum atomic E-state index is 12.2. The molecule has 0 aliphatic carbocycles. The molecule has 0 bridgehead atoms. The largest absolute Gasteiger partial charge is 0.479 e. The van der Waals surface area contributed by atoms with Crippen LogP contribution in [0.4, 0.5) is 5.69 Å².